The molecule has 0 saturated heterocycles. The molecule has 0 aromatic rings. The van der Waals surface area contributed by atoms with Gasteiger partial charge in [-0.2, -0.15) is 0 Å². The van der Waals surface area contributed by atoms with Crippen molar-refractivity contribution in [1.82, 2.24) is 0 Å². The second-order valence-corrected chi connectivity index (χ2v) is 11.6. The van der Waals surface area contributed by atoms with Crippen LogP contribution in [0.1, 0.15) is 181 Å². The van der Waals surface area contributed by atoms with Crippen LogP contribution in [0.3, 0.4) is 0 Å². The Balaban J connectivity index is 5.42. The summed E-state index contributed by atoms with van der Waals surface area (Å²) in [5.74, 6) is -2.59. The summed E-state index contributed by atoms with van der Waals surface area (Å²) in [7, 11) is 0. The molecule has 0 heterocycles. The Labute approximate surface area is 229 Å². The summed E-state index contributed by atoms with van der Waals surface area (Å²) in [6.07, 6.45) is 24.8. The zero-order valence-corrected chi connectivity index (χ0v) is 24.8. The van der Waals surface area contributed by atoms with Gasteiger partial charge in [-0.25, -0.2) is 4.79 Å². The fraction of sp³-hybridized carbons (Fsp3) is 0.938. The SMILES string of the molecule is CCCCCCCCCCCC(CCCCCCCC)(CCCCCCCC)C(O)(CC(=O)O)C(=O)O. The standard InChI is InChI=1S/C32H62O5/c1-4-7-10-13-16-17-18-21-24-27-31(25-22-19-14-11-8-5-2,26-23-20-15-12-9-6-3)32(37,30(35)36)28-29(33)34/h37H,4-28H2,1-3H3,(H,33,34)(H,35,36). The number of unbranched alkanes of at least 4 members (excludes halogenated alkanes) is 18. The molecule has 0 rings (SSSR count). The van der Waals surface area contributed by atoms with E-state index in [-0.39, 0.29) is 0 Å². The summed E-state index contributed by atoms with van der Waals surface area (Å²) in [5.41, 5.74) is -3.10. The second kappa shape index (κ2) is 22.8. The molecule has 0 aliphatic rings. The largest absolute Gasteiger partial charge is 0.481 e. The number of hydrogen-bond acceptors (Lipinski definition) is 3. The first kappa shape index (κ1) is 35.9. The minimum Gasteiger partial charge on any atom is -0.481 e. The molecule has 0 saturated carbocycles. The van der Waals surface area contributed by atoms with Crippen LogP contribution in [-0.2, 0) is 9.59 Å². The van der Waals surface area contributed by atoms with Gasteiger partial charge in [0.2, 0.25) is 0 Å². The third kappa shape index (κ3) is 15.8. The van der Waals surface area contributed by atoms with Crippen molar-refractivity contribution in [2.45, 2.75) is 187 Å². The van der Waals surface area contributed by atoms with Gasteiger partial charge in [0.1, 0.15) is 0 Å². The van der Waals surface area contributed by atoms with E-state index in [1.54, 1.807) is 0 Å². The molecular formula is C32H62O5. The van der Waals surface area contributed by atoms with E-state index >= 15 is 0 Å². The predicted octanol–water partition coefficient (Wildman–Crippen LogP) is 9.69. The van der Waals surface area contributed by atoms with Crippen molar-refractivity contribution in [3.8, 4) is 0 Å². The minimum absolute atomic E-state index is 0.598. The van der Waals surface area contributed by atoms with Crippen LogP contribution >= 0.6 is 0 Å². The van der Waals surface area contributed by atoms with Gasteiger partial charge in [-0.1, -0.05) is 156 Å². The molecule has 1 unspecified atom stereocenters. The van der Waals surface area contributed by atoms with E-state index < -0.39 is 29.4 Å². The Morgan fingerprint density at radius 3 is 1.00 bits per heavy atom. The highest BCUT2D eigenvalue weighted by Crippen LogP contribution is 2.48. The lowest BCUT2D eigenvalue weighted by Crippen LogP contribution is -2.55. The Hall–Kier alpha value is -1.10. The van der Waals surface area contributed by atoms with Crippen LogP contribution in [0.4, 0.5) is 0 Å². The van der Waals surface area contributed by atoms with E-state index in [9.17, 15) is 24.9 Å². The summed E-state index contributed by atoms with van der Waals surface area (Å²) >= 11 is 0. The summed E-state index contributed by atoms with van der Waals surface area (Å²) in [6.45, 7) is 6.61. The van der Waals surface area contributed by atoms with E-state index in [2.05, 4.69) is 20.8 Å². The average molecular weight is 527 g/mol. The van der Waals surface area contributed by atoms with Crippen molar-refractivity contribution in [2.24, 2.45) is 5.41 Å². The zero-order valence-electron chi connectivity index (χ0n) is 24.8. The number of carboxylic acids is 2. The smallest absolute Gasteiger partial charge is 0.336 e. The summed E-state index contributed by atoms with van der Waals surface area (Å²) in [5, 5.41) is 31.4. The molecule has 0 aliphatic heterocycles. The van der Waals surface area contributed by atoms with Gasteiger partial charge in [0, 0.05) is 5.41 Å². The van der Waals surface area contributed by atoms with Crippen LogP contribution in [-0.4, -0.2) is 32.9 Å². The van der Waals surface area contributed by atoms with E-state index in [1.165, 1.54) is 77.0 Å². The fourth-order valence-electron chi connectivity index (χ4n) is 5.97. The van der Waals surface area contributed by atoms with Crippen molar-refractivity contribution in [3.05, 3.63) is 0 Å². The molecule has 1 atom stereocenters. The van der Waals surface area contributed by atoms with Crippen molar-refractivity contribution < 1.29 is 24.9 Å². The molecular weight excluding hydrogens is 464 g/mol. The van der Waals surface area contributed by atoms with Gasteiger partial charge >= 0.3 is 11.9 Å². The van der Waals surface area contributed by atoms with E-state index in [1.807, 2.05) is 0 Å². The Morgan fingerprint density at radius 2 is 0.757 bits per heavy atom. The normalized spacial score (nSPS) is 13.5. The van der Waals surface area contributed by atoms with Gasteiger partial charge in [-0.05, 0) is 19.3 Å². The monoisotopic (exact) mass is 526 g/mol. The number of aliphatic carboxylic acids is 2. The number of carboxylic acid groups (broad SMARTS) is 2. The molecule has 0 aromatic carbocycles. The zero-order chi connectivity index (χ0) is 27.8. The van der Waals surface area contributed by atoms with Crippen LogP contribution in [0, 0.1) is 5.41 Å². The average Bonchev–Trinajstić information content (AvgIpc) is 2.86. The number of rotatable bonds is 28. The Morgan fingerprint density at radius 1 is 0.486 bits per heavy atom. The molecule has 0 aliphatic carbocycles. The third-order valence-electron chi connectivity index (χ3n) is 8.41. The van der Waals surface area contributed by atoms with Gasteiger partial charge in [-0.15, -0.1) is 0 Å². The first-order valence-corrected chi connectivity index (χ1v) is 16.0. The van der Waals surface area contributed by atoms with E-state index in [0.29, 0.717) is 19.3 Å². The summed E-state index contributed by atoms with van der Waals surface area (Å²) in [6, 6.07) is 0. The maximum atomic E-state index is 12.5. The molecule has 0 bridgehead atoms. The number of carbonyl (C=O) groups is 2. The lowest BCUT2D eigenvalue weighted by molar-refractivity contribution is -0.186. The topological polar surface area (TPSA) is 94.8 Å². The highest BCUT2D eigenvalue weighted by atomic mass is 16.4. The Bertz CT molecular complexity index is 545. The molecule has 5 nitrogen and oxygen atoms in total. The van der Waals surface area contributed by atoms with Crippen LogP contribution in [0.25, 0.3) is 0 Å². The third-order valence-corrected chi connectivity index (χ3v) is 8.41. The minimum atomic E-state index is -2.22. The second-order valence-electron chi connectivity index (χ2n) is 11.6. The first-order valence-electron chi connectivity index (χ1n) is 16.0. The molecule has 0 spiro atoms. The Kier molecular flexibility index (Phi) is 22.2. The van der Waals surface area contributed by atoms with Gasteiger partial charge < -0.3 is 15.3 Å². The quantitative estimate of drug-likeness (QED) is 0.0882. The van der Waals surface area contributed by atoms with Gasteiger partial charge in [0.25, 0.3) is 0 Å². The lowest BCUT2D eigenvalue weighted by atomic mass is 9.61. The van der Waals surface area contributed by atoms with Crippen LogP contribution in [0.5, 0.6) is 0 Å². The van der Waals surface area contributed by atoms with Crippen LogP contribution < -0.4 is 0 Å². The number of aliphatic hydroxyl groups is 1. The van der Waals surface area contributed by atoms with Crippen LogP contribution in [0.2, 0.25) is 0 Å². The molecule has 0 aromatic heterocycles. The van der Waals surface area contributed by atoms with E-state index in [0.717, 1.165) is 57.8 Å². The predicted molar refractivity (Wildman–Crippen MR) is 155 cm³/mol. The van der Waals surface area contributed by atoms with Gasteiger partial charge in [0.15, 0.2) is 5.60 Å². The lowest BCUT2D eigenvalue weighted by Gasteiger charge is -2.45. The van der Waals surface area contributed by atoms with Gasteiger partial charge in [0.05, 0.1) is 6.42 Å². The maximum absolute atomic E-state index is 12.5. The summed E-state index contributed by atoms with van der Waals surface area (Å²) in [4.78, 5) is 24.3. The molecule has 0 fully saturated rings. The molecule has 37 heavy (non-hydrogen) atoms. The first-order chi connectivity index (χ1) is 17.8. The highest BCUT2D eigenvalue weighted by Gasteiger charge is 2.55. The fourth-order valence-corrected chi connectivity index (χ4v) is 5.97. The van der Waals surface area contributed by atoms with Crippen molar-refractivity contribution >= 4 is 11.9 Å². The molecule has 220 valence electrons. The molecule has 5 heteroatoms. The van der Waals surface area contributed by atoms with Crippen molar-refractivity contribution in [2.75, 3.05) is 0 Å². The molecule has 3 N–H and O–H groups in total. The molecule has 0 amide bonds. The van der Waals surface area contributed by atoms with E-state index in [4.69, 9.17) is 0 Å². The number of hydrogen-bond donors (Lipinski definition) is 3. The van der Waals surface area contributed by atoms with Gasteiger partial charge in [-0.3, -0.25) is 4.79 Å². The van der Waals surface area contributed by atoms with Crippen LogP contribution in [0.15, 0.2) is 0 Å². The maximum Gasteiger partial charge on any atom is 0.336 e. The molecule has 0 radical (unpaired) electrons. The van der Waals surface area contributed by atoms with Crippen molar-refractivity contribution in [3.63, 3.8) is 0 Å². The highest BCUT2D eigenvalue weighted by molar-refractivity contribution is 5.84. The van der Waals surface area contributed by atoms with Crippen molar-refractivity contribution in [1.29, 1.82) is 0 Å². The summed E-state index contributed by atoms with van der Waals surface area (Å²) < 4.78 is 0.